The molecule has 1 amide bonds. The minimum atomic E-state index is -1.41. The molecule has 8 nitrogen and oxygen atoms in total. The number of amides is 1. The van der Waals surface area contributed by atoms with Crippen LogP contribution in [-0.2, 0) is 16.9 Å². The highest BCUT2D eigenvalue weighted by Crippen LogP contribution is 2.52. The van der Waals surface area contributed by atoms with Crippen molar-refractivity contribution in [2.75, 3.05) is 26.0 Å². The van der Waals surface area contributed by atoms with Gasteiger partial charge in [0.2, 0.25) is 0 Å². The van der Waals surface area contributed by atoms with E-state index in [1.165, 1.54) is 19.2 Å². The van der Waals surface area contributed by atoms with Gasteiger partial charge in [-0.25, -0.2) is 4.39 Å². The summed E-state index contributed by atoms with van der Waals surface area (Å²) in [6.07, 6.45) is 0. The summed E-state index contributed by atoms with van der Waals surface area (Å²) in [5.74, 6) is -0.481. The molecule has 35 heavy (non-hydrogen) atoms. The van der Waals surface area contributed by atoms with Crippen LogP contribution in [0.4, 0.5) is 10.1 Å². The summed E-state index contributed by atoms with van der Waals surface area (Å²) in [7, 11) is 3.23. The van der Waals surface area contributed by atoms with E-state index in [1.54, 1.807) is 66.5 Å². The van der Waals surface area contributed by atoms with Crippen molar-refractivity contribution in [1.29, 1.82) is 0 Å². The Labute approximate surface area is 201 Å². The van der Waals surface area contributed by atoms with Crippen molar-refractivity contribution in [1.82, 2.24) is 4.90 Å². The fourth-order valence-electron chi connectivity index (χ4n) is 5.40. The fraction of sp³-hybridized carbons (Fsp3) is 0.269. The largest absolute Gasteiger partial charge is 0.493 e. The van der Waals surface area contributed by atoms with Crippen LogP contribution < -0.4 is 14.8 Å². The van der Waals surface area contributed by atoms with E-state index in [1.807, 2.05) is 0 Å². The van der Waals surface area contributed by atoms with Gasteiger partial charge in [-0.15, -0.1) is 0 Å². The van der Waals surface area contributed by atoms with Gasteiger partial charge in [0, 0.05) is 22.7 Å². The van der Waals surface area contributed by atoms with E-state index in [0.717, 1.165) is 0 Å². The molecule has 0 saturated carbocycles. The minimum Gasteiger partial charge on any atom is -0.493 e. The van der Waals surface area contributed by atoms with E-state index in [-0.39, 0.29) is 17.3 Å². The maximum absolute atomic E-state index is 13.5. The second-order valence-corrected chi connectivity index (χ2v) is 8.81. The average Bonchev–Trinajstić information content (AvgIpc) is 3.32. The highest BCUT2D eigenvalue weighted by molar-refractivity contribution is 6.06. The normalized spacial score (nSPS) is 23.2. The molecule has 0 aromatic heterocycles. The van der Waals surface area contributed by atoms with E-state index in [2.05, 4.69) is 5.32 Å². The first-order valence-corrected chi connectivity index (χ1v) is 11.2. The number of para-hydroxylation sites is 1. The van der Waals surface area contributed by atoms with E-state index in [4.69, 9.17) is 9.47 Å². The first-order valence-electron chi connectivity index (χ1n) is 11.2. The minimum absolute atomic E-state index is 0.136. The van der Waals surface area contributed by atoms with Crippen LogP contribution in [0, 0.1) is 15.9 Å². The third-order valence-corrected chi connectivity index (χ3v) is 6.94. The van der Waals surface area contributed by atoms with Gasteiger partial charge in [0.25, 0.3) is 11.9 Å². The van der Waals surface area contributed by atoms with Crippen molar-refractivity contribution >= 4 is 11.6 Å². The van der Waals surface area contributed by atoms with E-state index >= 15 is 0 Å². The monoisotopic (exact) mass is 477 g/mol. The zero-order valence-electron chi connectivity index (χ0n) is 19.2. The van der Waals surface area contributed by atoms with Gasteiger partial charge in [-0.2, -0.15) is 0 Å². The summed E-state index contributed by atoms with van der Waals surface area (Å²) in [5, 5.41) is 15.3. The van der Waals surface area contributed by atoms with Gasteiger partial charge in [-0.1, -0.05) is 36.4 Å². The third kappa shape index (κ3) is 3.59. The van der Waals surface area contributed by atoms with Crippen LogP contribution in [0.1, 0.15) is 22.6 Å². The van der Waals surface area contributed by atoms with Crippen LogP contribution in [0.3, 0.4) is 0 Å². The predicted octanol–water partition coefficient (Wildman–Crippen LogP) is 3.94. The number of nitro groups is 1. The average molecular weight is 477 g/mol. The Hall–Kier alpha value is -3.98. The highest BCUT2D eigenvalue weighted by Gasteiger charge is 2.68. The van der Waals surface area contributed by atoms with Crippen molar-refractivity contribution in [2.24, 2.45) is 0 Å². The Morgan fingerprint density at radius 1 is 1.14 bits per heavy atom. The molecule has 5 rings (SSSR count). The van der Waals surface area contributed by atoms with Gasteiger partial charge < -0.3 is 14.8 Å². The van der Waals surface area contributed by atoms with Crippen LogP contribution in [0.25, 0.3) is 0 Å². The Morgan fingerprint density at radius 2 is 1.94 bits per heavy atom. The molecule has 180 valence electrons. The van der Waals surface area contributed by atoms with Crippen molar-refractivity contribution in [3.05, 3.63) is 99.4 Å². The number of carbonyl (C=O) groups excluding carboxylic acids is 1. The maximum Gasteiger partial charge on any atom is 0.256 e. The molecular weight excluding hydrogens is 453 g/mol. The molecule has 2 aliphatic heterocycles. The Bertz CT molecular complexity index is 1320. The van der Waals surface area contributed by atoms with Crippen LogP contribution in [-0.4, -0.2) is 42.5 Å². The van der Waals surface area contributed by atoms with Crippen molar-refractivity contribution in [3.63, 3.8) is 0 Å². The molecule has 2 aliphatic rings. The Balaban J connectivity index is 1.49. The number of methoxy groups -OCH3 is 1. The first kappa shape index (κ1) is 22.8. The number of nitrogens with zero attached hydrogens (tertiary/aromatic N) is 2. The number of halogens is 1. The summed E-state index contributed by atoms with van der Waals surface area (Å²) >= 11 is 0. The molecule has 1 saturated heterocycles. The number of likely N-dealkylation sites (tertiary alicyclic amines) is 1. The zero-order chi connectivity index (χ0) is 24.7. The van der Waals surface area contributed by atoms with Crippen LogP contribution in [0.5, 0.6) is 11.5 Å². The molecule has 1 spiro atoms. The summed E-state index contributed by atoms with van der Waals surface area (Å²) < 4.78 is 24.8. The number of hydrogen-bond donors (Lipinski definition) is 1. The summed E-state index contributed by atoms with van der Waals surface area (Å²) in [5.41, 5.74) is 1.12. The molecule has 1 fully saturated rings. The lowest BCUT2D eigenvalue weighted by Gasteiger charge is -2.30. The fourth-order valence-corrected chi connectivity index (χ4v) is 5.40. The van der Waals surface area contributed by atoms with Gasteiger partial charge in [-0.05, 0) is 48.5 Å². The number of ether oxygens (including phenoxy) is 2. The van der Waals surface area contributed by atoms with Crippen molar-refractivity contribution < 1.29 is 23.6 Å². The molecule has 9 heteroatoms. The molecular formula is C26H24FN3O5. The first-order chi connectivity index (χ1) is 16.9. The lowest BCUT2D eigenvalue weighted by molar-refractivity contribution is -0.534. The van der Waals surface area contributed by atoms with Crippen molar-refractivity contribution in [2.45, 2.75) is 24.1 Å². The molecule has 3 aromatic rings. The molecule has 0 radical (unpaired) electrons. The van der Waals surface area contributed by atoms with Gasteiger partial charge in [0.1, 0.15) is 12.4 Å². The molecule has 0 aliphatic carbocycles. The van der Waals surface area contributed by atoms with Gasteiger partial charge in [-0.3, -0.25) is 19.8 Å². The number of hydrogen-bond acceptors (Lipinski definition) is 6. The number of nitrogens with one attached hydrogen (secondary N) is 1. The number of fused-ring (bicyclic) bond motifs is 2. The second-order valence-electron chi connectivity index (χ2n) is 8.81. The highest BCUT2D eigenvalue weighted by atomic mass is 19.1. The quantitative estimate of drug-likeness (QED) is 0.427. The number of anilines is 1. The third-order valence-electron chi connectivity index (χ3n) is 6.94. The Kier molecular flexibility index (Phi) is 5.64. The standard InChI is InChI=1S/C26H24FN3O5/c1-29-14-19(24(30(32)33)26(29)20-8-3-4-9-21(20)28-25(26)31)17-10-11-22(23(13-17)34-2)35-15-16-6-5-7-18(27)12-16/h3-13,19,24H,14-15H2,1-2H3,(H,28,31)/t19-,24+,26-/m0/s1. The molecule has 1 N–H and O–H groups in total. The smallest absolute Gasteiger partial charge is 0.256 e. The summed E-state index contributed by atoms with van der Waals surface area (Å²) in [6.45, 7) is 0.442. The van der Waals surface area contributed by atoms with Crippen LogP contribution in [0.15, 0.2) is 66.7 Å². The van der Waals surface area contributed by atoms with E-state index in [9.17, 15) is 19.3 Å². The van der Waals surface area contributed by atoms with Crippen LogP contribution in [0.2, 0.25) is 0 Å². The summed E-state index contributed by atoms with van der Waals surface area (Å²) in [6, 6.07) is 17.2. The lowest BCUT2D eigenvalue weighted by atomic mass is 9.79. The van der Waals surface area contributed by atoms with E-state index < -0.39 is 23.4 Å². The molecule has 3 aromatic carbocycles. The number of benzene rings is 3. The number of likely N-dealkylation sites (N-methyl/N-ethyl adjacent to an activating group) is 1. The molecule has 0 bridgehead atoms. The molecule has 0 unspecified atom stereocenters. The maximum atomic E-state index is 13.5. The summed E-state index contributed by atoms with van der Waals surface area (Å²) in [4.78, 5) is 27.1. The number of rotatable bonds is 6. The lowest BCUT2D eigenvalue weighted by Crippen LogP contribution is -2.54. The predicted molar refractivity (Wildman–Crippen MR) is 127 cm³/mol. The number of carbonyl (C=O) groups is 1. The molecule has 3 atom stereocenters. The van der Waals surface area contributed by atoms with Gasteiger partial charge >= 0.3 is 0 Å². The van der Waals surface area contributed by atoms with Crippen LogP contribution >= 0.6 is 0 Å². The SMILES string of the molecule is COc1cc([C@@H]2CN(C)[C@]3(C(=O)Nc4ccccc43)[C@@H]2[N+](=O)[O-])ccc1OCc1cccc(F)c1. The van der Waals surface area contributed by atoms with Gasteiger partial charge in [0.05, 0.1) is 13.0 Å². The Morgan fingerprint density at radius 3 is 2.69 bits per heavy atom. The van der Waals surface area contributed by atoms with E-state index in [0.29, 0.717) is 40.4 Å². The molecule has 2 heterocycles. The topological polar surface area (TPSA) is 93.9 Å². The van der Waals surface area contributed by atoms with Gasteiger partial charge in [0.15, 0.2) is 17.0 Å². The zero-order valence-corrected chi connectivity index (χ0v) is 19.2. The van der Waals surface area contributed by atoms with Crippen molar-refractivity contribution in [3.8, 4) is 11.5 Å². The second kappa shape index (κ2) is 8.66.